The minimum atomic E-state index is -0.242. The van der Waals surface area contributed by atoms with E-state index in [1.165, 1.54) is 5.56 Å². The van der Waals surface area contributed by atoms with Crippen LogP contribution in [0.3, 0.4) is 0 Å². The van der Waals surface area contributed by atoms with Crippen LogP contribution in [0.5, 0.6) is 0 Å². The summed E-state index contributed by atoms with van der Waals surface area (Å²) in [7, 11) is 0. The molecule has 1 aliphatic heterocycles. The molecule has 1 fully saturated rings. The Balaban J connectivity index is 1.46. The molecule has 0 aliphatic carbocycles. The number of hydrogen-bond donors (Lipinski definition) is 2. The maximum atomic E-state index is 12.3. The minimum absolute atomic E-state index is 0.194. The van der Waals surface area contributed by atoms with E-state index in [9.17, 15) is 9.59 Å². The standard InChI is InChI=1S/C22H28N4O3/c1-3-29-22(28)26-11-9-18(10-12-26)25-19-7-8-20(23-15-19)21(27)24-14-17-6-4-5-16(2)13-17/h4-8,13,15,18,25H,3,9-12,14H2,1-2H3,(H,24,27). The summed E-state index contributed by atoms with van der Waals surface area (Å²) in [4.78, 5) is 30.1. The van der Waals surface area contributed by atoms with Gasteiger partial charge in [0.15, 0.2) is 0 Å². The number of aromatic nitrogens is 1. The number of aryl methyl sites for hydroxylation is 1. The maximum absolute atomic E-state index is 12.3. The fourth-order valence-corrected chi connectivity index (χ4v) is 3.37. The van der Waals surface area contributed by atoms with Gasteiger partial charge in [-0.15, -0.1) is 0 Å². The van der Waals surface area contributed by atoms with Crippen LogP contribution >= 0.6 is 0 Å². The van der Waals surface area contributed by atoms with Gasteiger partial charge in [0.05, 0.1) is 18.5 Å². The van der Waals surface area contributed by atoms with Crippen molar-refractivity contribution in [3.63, 3.8) is 0 Å². The Bertz CT molecular complexity index is 830. The highest BCUT2D eigenvalue weighted by molar-refractivity contribution is 5.92. The van der Waals surface area contributed by atoms with Gasteiger partial charge in [0.2, 0.25) is 0 Å². The first-order valence-electron chi connectivity index (χ1n) is 10.0. The van der Waals surface area contributed by atoms with Crippen molar-refractivity contribution in [2.45, 2.75) is 39.3 Å². The lowest BCUT2D eigenvalue weighted by atomic mass is 10.1. The summed E-state index contributed by atoms with van der Waals surface area (Å²) in [6.07, 6.45) is 3.13. The van der Waals surface area contributed by atoms with E-state index in [0.29, 0.717) is 31.9 Å². The van der Waals surface area contributed by atoms with Crippen molar-refractivity contribution in [2.24, 2.45) is 0 Å². The molecular formula is C22H28N4O3. The Morgan fingerprint density at radius 2 is 2.00 bits per heavy atom. The van der Waals surface area contributed by atoms with Gasteiger partial charge in [-0.2, -0.15) is 0 Å². The zero-order valence-electron chi connectivity index (χ0n) is 17.0. The SMILES string of the molecule is CCOC(=O)N1CCC(Nc2ccc(C(=O)NCc3cccc(C)c3)nc2)CC1. The summed E-state index contributed by atoms with van der Waals surface area (Å²) in [6.45, 7) is 6.05. The van der Waals surface area contributed by atoms with Crippen LogP contribution < -0.4 is 10.6 Å². The molecule has 0 bridgehead atoms. The number of likely N-dealkylation sites (tertiary alicyclic amines) is 1. The summed E-state index contributed by atoms with van der Waals surface area (Å²) in [6, 6.07) is 11.9. The van der Waals surface area contributed by atoms with Crippen LogP contribution in [-0.4, -0.2) is 47.6 Å². The third-order valence-corrected chi connectivity index (χ3v) is 4.92. The lowest BCUT2D eigenvalue weighted by molar-refractivity contribution is 0.0944. The minimum Gasteiger partial charge on any atom is -0.450 e. The van der Waals surface area contributed by atoms with Gasteiger partial charge in [-0.25, -0.2) is 9.78 Å². The topological polar surface area (TPSA) is 83.6 Å². The molecule has 2 N–H and O–H groups in total. The Hall–Kier alpha value is -3.09. The largest absolute Gasteiger partial charge is 0.450 e. The van der Waals surface area contributed by atoms with E-state index < -0.39 is 0 Å². The van der Waals surface area contributed by atoms with E-state index >= 15 is 0 Å². The van der Waals surface area contributed by atoms with Crippen molar-refractivity contribution in [2.75, 3.05) is 25.0 Å². The number of nitrogens with zero attached hydrogens (tertiary/aromatic N) is 2. The Morgan fingerprint density at radius 1 is 1.21 bits per heavy atom. The lowest BCUT2D eigenvalue weighted by Gasteiger charge is -2.32. The first-order valence-corrected chi connectivity index (χ1v) is 10.0. The molecule has 0 atom stereocenters. The van der Waals surface area contributed by atoms with Crippen LogP contribution in [0.4, 0.5) is 10.5 Å². The zero-order chi connectivity index (χ0) is 20.6. The van der Waals surface area contributed by atoms with E-state index in [1.54, 1.807) is 17.2 Å². The molecule has 7 nitrogen and oxygen atoms in total. The van der Waals surface area contributed by atoms with Crippen LogP contribution in [0.2, 0.25) is 0 Å². The number of carbonyl (C=O) groups excluding carboxylic acids is 2. The molecule has 7 heteroatoms. The molecule has 2 aromatic rings. The highest BCUT2D eigenvalue weighted by Gasteiger charge is 2.23. The van der Waals surface area contributed by atoms with E-state index in [4.69, 9.17) is 4.74 Å². The van der Waals surface area contributed by atoms with E-state index in [2.05, 4.69) is 15.6 Å². The summed E-state index contributed by atoms with van der Waals surface area (Å²) in [5.41, 5.74) is 3.49. The molecular weight excluding hydrogens is 368 g/mol. The maximum Gasteiger partial charge on any atom is 0.409 e. The molecule has 3 rings (SSSR count). The number of pyridine rings is 1. The molecule has 29 heavy (non-hydrogen) atoms. The van der Waals surface area contributed by atoms with Gasteiger partial charge in [0.25, 0.3) is 5.91 Å². The number of rotatable bonds is 6. The van der Waals surface area contributed by atoms with Crippen molar-refractivity contribution in [3.8, 4) is 0 Å². The number of benzene rings is 1. The number of nitrogens with one attached hydrogen (secondary N) is 2. The monoisotopic (exact) mass is 396 g/mol. The molecule has 1 aromatic heterocycles. The van der Waals surface area contributed by atoms with Crippen molar-refractivity contribution in [3.05, 3.63) is 59.4 Å². The molecule has 1 saturated heterocycles. The average Bonchev–Trinajstić information content (AvgIpc) is 2.73. The van der Waals surface area contributed by atoms with Crippen LogP contribution in [0.15, 0.2) is 42.6 Å². The molecule has 154 valence electrons. The van der Waals surface area contributed by atoms with Crippen molar-refractivity contribution >= 4 is 17.7 Å². The first kappa shape index (κ1) is 20.6. The summed E-state index contributed by atoms with van der Waals surface area (Å²) < 4.78 is 5.04. The smallest absolute Gasteiger partial charge is 0.409 e. The third kappa shape index (κ3) is 5.94. The summed E-state index contributed by atoms with van der Waals surface area (Å²) in [5, 5.41) is 6.33. The molecule has 1 aromatic carbocycles. The van der Waals surface area contributed by atoms with E-state index in [0.717, 1.165) is 24.1 Å². The van der Waals surface area contributed by atoms with Gasteiger partial charge >= 0.3 is 6.09 Å². The van der Waals surface area contributed by atoms with Crippen molar-refractivity contribution in [1.29, 1.82) is 0 Å². The van der Waals surface area contributed by atoms with Gasteiger partial charge in [-0.3, -0.25) is 4.79 Å². The lowest BCUT2D eigenvalue weighted by Crippen LogP contribution is -2.42. The van der Waals surface area contributed by atoms with E-state index in [-0.39, 0.29) is 18.0 Å². The molecule has 2 amide bonds. The van der Waals surface area contributed by atoms with Crippen molar-refractivity contribution in [1.82, 2.24) is 15.2 Å². The summed E-state index contributed by atoms with van der Waals surface area (Å²) >= 11 is 0. The second kappa shape index (κ2) is 9.91. The van der Waals surface area contributed by atoms with Crippen LogP contribution in [0, 0.1) is 6.92 Å². The number of anilines is 1. The highest BCUT2D eigenvalue weighted by atomic mass is 16.6. The molecule has 1 aliphatic rings. The predicted molar refractivity (Wildman–Crippen MR) is 112 cm³/mol. The fourth-order valence-electron chi connectivity index (χ4n) is 3.37. The zero-order valence-corrected chi connectivity index (χ0v) is 17.0. The molecule has 0 radical (unpaired) electrons. The van der Waals surface area contributed by atoms with Crippen LogP contribution in [0.25, 0.3) is 0 Å². The van der Waals surface area contributed by atoms with Gasteiger partial charge in [0, 0.05) is 25.7 Å². The number of amides is 2. The van der Waals surface area contributed by atoms with Crippen LogP contribution in [0.1, 0.15) is 41.4 Å². The summed E-state index contributed by atoms with van der Waals surface area (Å²) in [5.74, 6) is -0.194. The number of carbonyl (C=O) groups is 2. The van der Waals surface area contributed by atoms with Crippen molar-refractivity contribution < 1.29 is 14.3 Å². The van der Waals surface area contributed by atoms with Gasteiger partial charge in [-0.1, -0.05) is 29.8 Å². The predicted octanol–water partition coefficient (Wildman–Crippen LogP) is 3.35. The fraction of sp³-hybridized carbons (Fsp3) is 0.409. The van der Waals surface area contributed by atoms with Gasteiger partial charge in [-0.05, 0) is 44.4 Å². The highest BCUT2D eigenvalue weighted by Crippen LogP contribution is 2.17. The normalized spacial score (nSPS) is 14.3. The Morgan fingerprint density at radius 3 is 2.66 bits per heavy atom. The number of hydrogen-bond acceptors (Lipinski definition) is 5. The quantitative estimate of drug-likeness (QED) is 0.782. The third-order valence-electron chi connectivity index (χ3n) is 4.92. The first-order chi connectivity index (χ1) is 14.0. The Kier molecular flexibility index (Phi) is 7.05. The van der Waals surface area contributed by atoms with Gasteiger partial charge in [0.1, 0.15) is 5.69 Å². The molecule has 0 spiro atoms. The average molecular weight is 396 g/mol. The number of ether oxygens (including phenoxy) is 1. The van der Waals surface area contributed by atoms with E-state index in [1.807, 2.05) is 44.2 Å². The number of piperidine rings is 1. The molecule has 0 saturated carbocycles. The molecule has 2 heterocycles. The van der Waals surface area contributed by atoms with Crippen LogP contribution in [-0.2, 0) is 11.3 Å². The second-order valence-electron chi connectivity index (χ2n) is 7.21. The van der Waals surface area contributed by atoms with Gasteiger partial charge < -0.3 is 20.3 Å². The Labute approximate surface area is 171 Å². The second-order valence-corrected chi connectivity index (χ2v) is 7.21. The molecule has 0 unspecified atom stereocenters.